The number of anilines is 2. The molecule has 0 aromatic carbocycles. The van der Waals surface area contributed by atoms with Crippen molar-refractivity contribution in [3.63, 3.8) is 0 Å². The van der Waals surface area contributed by atoms with Gasteiger partial charge in [0.25, 0.3) is 0 Å². The lowest BCUT2D eigenvalue weighted by atomic mass is 10.2. The Morgan fingerprint density at radius 3 is 2.76 bits per heavy atom. The Bertz CT molecular complexity index is 398. The third-order valence-corrected chi connectivity index (χ3v) is 2.78. The van der Waals surface area contributed by atoms with E-state index in [-0.39, 0.29) is 18.4 Å². The molecular weight excluding hydrogens is 286 g/mol. The third kappa shape index (κ3) is 4.18. The molecule has 1 aromatic rings. The topological polar surface area (TPSA) is 92.9 Å². The second kappa shape index (κ2) is 6.39. The fourth-order valence-electron chi connectivity index (χ4n) is 1.35. The Kier molecular flexibility index (Phi) is 5.14. The van der Waals surface area contributed by atoms with Gasteiger partial charge in [-0.25, -0.2) is 9.97 Å². The van der Waals surface area contributed by atoms with Gasteiger partial charge in [0.2, 0.25) is 5.91 Å². The highest BCUT2D eigenvalue weighted by atomic mass is 79.9. The first-order chi connectivity index (χ1) is 8.04. The van der Waals surface area contributed by atoms with Crippen molar-refractivity contribution < 1.29 is 4.79 Å². The van der Waals surface area contributed by atoms with E-state index in [0.717, 1.165) is 16.8 Å². The second-order valence-electron chi connectivity index (χ2n) is 3.63. The quantitative estimate of drug-likeness (QED) is 0.737. The number of rotatable bonds is 6. The third-order valence-electron chi connectivity index (χ3n) is 2.02. The highest BCUT2D eigenvalue weighted by Gasteiger charge is 2.11. The van der Waals surface area contributed by atoms with Gasteiger partial charge >= 0.3 is 0 Å². The number of nitrogens with zero attached hydrogens (tertiary/aromatic N) is 2. The lowest BCUT2D eigenvalue weighted by Gasteiger charge is -2.15. The molecule has 4 N–H and O–H groups in total. The zero-order valence-corrected chi connectivity index (χ0v) is 11.4. The van der Waals surface area contributed by atoms with Crippen LogP contribution in [0.5, 0.6) is 0 Å². The molecule has 0 saturated heterocycles. The lowest BCUT2D eigenvalue weighted by molar-refractivity contribution is -0.118. The van der Waals surface area contributed by atoms with Crippen LogP contribution in [0.2, 0.25) is 0 Å². The maximum Gasteiger partial charge on any atom is 0.219 e. The van der Waals surface area contributed by atoms with Gasteiger partial charge in [0.15, 0.2) is 0 Å². The average molecular weight is 302 g/mol. The predicted molar refractivity (Wildman–Crippen MR) is 70.8 cm³/mol. The van der Waals surface area contributed by atoms with Crippen LogP contribution in [0.15, 0.2) is 10.8 Å². The van der Waals surface area contributed by atoms with Gasteiger partial charge in [-0.2, -0.15) is 0 Å². The van der Waals surface area contributed by atoms with E-state index >= 15 is 0 Å². The zero-order chi connectivity index (χ0) is 12.8. The number of amides is 1. The van der Waals surface area contributed by atoms with Crippen molar-refractivity contribution in [2.45, 2.75) is 26.3 Å². The SMILES string of the molecule is CCNc1ncnc(NC(C)CC(N)=O)c1Br. The summed E-state index contributed by atoms with van der Waals surface area (Å²) in [5.41, 5.74) is 5.13. The Balaban J connectivity index is 2.77. The van der Waals surface area contributed by atoms with Crippen molar-refractivity contribution in [2.24, 2.45) is 5.73 Å². The molecule has 0 saturated carbocycles. The molecule has 1 heterocycles. The van der Waals surface area contributed by atoms with Crippen LogP contribution in [-0.2, 0) is 4.79 Å². The smallest absolute Gasteiger partial charge is 0.219 e. The van der Waals surface area contributed by atoms with Gasteiger partial charge in [-0.1, -0.05) is 0 Å². The molecule has 1 atom stereocenters. The minimum atomic E-state index is -0.345. The van der Waals surface area contributed by atoms with Crippen LogP contribution in [0.1, 0.15) is 20.3 Å². The van der Waals surface area contributed by atoms with Crippen molar-refractivity contribution in [3.8, 4) is 0 Å². The van der Waals surface area contributed by atoms with Gasteiger partial charge in [-0.15, -0.1) is 0 Å². The monoisotopic (exact) mass is 301 g/mol. The number of primary amides is 1. The van der Waals surface area contributed by atoms with E-state index in [0.29, 0.717) is 5.82 Å². The van der Waals surface area contributed by atoms with Crippen molar-refractivity contribution in [1.29, 1.82) is 0 Å². The van der Waals surface area contributed by atoms with E-state index in [1.165, 1.54) is 6.33 Å². The van der Waals surface area contributed by atoms with E-state index in [1.807, 2.05) is 13.8 Å². The molecule has 0 spiro atoms. The van der Waals surface area contributed by atoms with E-state index in [4.69, 9.17) is 5.73 Å². The first-order valence-electron chi connectivity index (χ1n) is 5.33. The van der Waals surface area contributed by atoms with Gasteiger partial charge in [0.1, 0.15) is 22.4 Å². The molecule has 0 aliphatic carbocycles. The van der Waals surface area contributed by atoms with Gasteiger partial charge in [-0.3, -0.25) is 4.79 Å². The summed E-state index contributed by atoms with van der Waals surface area (Å²) in [5.74, 6) is 1.02. The number of aromatic nitrogens is 2. The van der Waals surface area contributed by atoms with Crippen LogP contribution in [0.4, 0.5) is 11.6 Å². The number of nitrogens with two attached hydrogens (primary N) is 1. The number of hydrogen-bond acceptors (Lipinski definition) is 5. The molecule has 1 unspecified atom stereocenters. The average Bonchev–Trinajstić information content (AvgIpc) is 2.23. The highest BCUT2D eigenvalue weighted by Crippen LogP contribution is 2.26. The van der Waals surface area contributed by atoms with E-state index in [1.54, 1.807) is 0 Å². The summed E-state index contributed by atoms with van der Waals surface area (Å²) in [7, 11) is 0. The van der Waals surface area contributed by atoms with Crippen LogP contribution in [0, 0.1) is 0 Å². The number of halogens is 1. The maximum absolute atomic E-state index is 10.8. The molecule has 0 bridgehead atoms. The molecular formula is C10H16BrN5O. The molecule has 1 amide bonds. The molecule has 0 fully saturated rings. The summed E-state index contributed by atoms with van der Waals surface area (Å²) < 4.78 is 0.748. The van der Waals surface area contributed by atoms with E-state index in [2.05, 4.69) is 36.5 Å². The molecule has 6 nitrogen and oxygen atoms in total. The van der Waals surface area contributed by atoms with Crippen LogP contribution in [0.3, 0.4) is 0 Å². The Hall–Kier alpha value is -1.37. The van der Waals surface area contributed by atoms with Crippen molar-refractivity contribution in [1.82, 2.24) is 9.97 Å². The summed E-state index contributed by atoms with van der Waals surface area (Å²) in [5, 5.41) is 6.20. The van der Waals surface area contributed by atoms with Crippen LogP contribution in [-0.4, -0.2) is 28.5 Å². The fraction of sp³-hybridized carbons (Fsp3) is 0.500. The number of carbonyl (C=O) groups is 1. The minimum Gasteiger partial charge on any atom is -0.370 e. The standard InChI is InChI=1S/C10H16BrN5O/c1-3-13-9-8(11)10(15-5-14-9)16-6(2)4-7(12)17/h5-6H,3-4H2,1-2H3,(H2,12,17)(H2,13,14,15,16). The predicted octanol–water partition coefficient (Wildman–Crippen LogP) is 1.35. The molecule has 94 valence electrons. The summed E-state index contributed by atoms with van der Waals surface area (Å²) >= 11 is 3.41. The minimum absolute atomic E-state index is 0.0758. The molecule has 0 aliphatic rings. The van der Waals surface area contributed by atoms with Crippen LogP contribution >= 0.6 is 15.9 Å². The molecule has 1 rings (SSSR count). The Morgan fingerprint density at radius 1 is 1.53 bits per heavy atom. The number of carbonyl (C=O) groups excluding carboxylic acids is 1. The largest absolute Gasteiger partial charge is 0.370 e. The van der Waals surface area contributed by atoms with Crippen LogP contribution < -0.4 is 16.4 Å². The first kappa shape index (κ1) is 13.7. The van der Waals surface area contributed by atoms with E-state index < -0.39 is 0 Å². The summed E-state index contributed by atoms with van der Waals surface area (Å²) in [6.45, 7) is 4.62. The summed E-state index contributed by atoms with van der Waals surface area (Å²) in [6, 6.07) is -0.0758. The molecule has 7 heteroatoms. The van der Waals surface area contributed by atoms with Gasteiger partial charge in [-0.05, 0) is 29.8 Å². The molecule has 0 radical (unpaired) electrons. The molecule has 0 aliphatic heterocycles. The summed E-state index contributed by atoms with van der Waals surface area (Å²) in [6.07, 6.45) is 1.72. The lowest BCUT2D eigenvalue weighted by Crippen LogP contribution is -2.24. The first-order valence-corrected chi connectivity index (χ1v) is 6.13. The van der Waals surface area contributed by atoms with Crippen molar-refractivity contribution >= 4 is 33.5 Å². The van der Waals surface area contributed by atoms with Gasteiger partial charge < -0.3 is 16.4 Å². The molecule has 17 heavy (non-hydrogen) atoms. The zero-order valence-electron chi connectivity index (χ0n) is 9.83. The Morgan fingerprint density at radius 2 is 2.18 bits per heavy atom. The Labute approximate surface area is 109 Å². The molecule has 1 aromatic heterocycles. The normalized spacial score (nSPS) is 11.9. The summed E-state index contributed by atoms with van der Waals surface area (Å²) in [4.78, 5) is 19.0. The van der Waals surface area contributed by atoms with Gasteiger partial charge in [0.05, 0.1) is 0 Å². The maximum atomic E-state index is 10.8. The highest BCUT2D eigenvalue weighted by molar-refractivity contribution is 9.10. The number of hydrogen-bond donors (Lipinski definition) is 3. The van der Waals surface area contributed by atoms with Crippen molar-refractivity contribution in [2.75, 3.05) is 17.2 Å². The fourth-order valence-corrected chi connectivity index (χ4v) is 1.81. The van der Waals surface area contributed by atoms with Crippen molar-refractivity contribution in [3.05, 3.63) is 10.8 Å². The number of nitrogens with one attached hydrogen (secondary N) is 2. The van der Waals surface area contributed by atoms with Gasteiger partial charge in [0, 0.05) is 19.0 Å². The second-order valence-corrected chi connectivity index (χ2v) is 4.42. The van der Waals surface area contributed by atoms with Crippen LogP contribution in [0.25, 0.3) is 0 Å². The van der Waals surface area contributed by atoms with E-state index in [9.17, 15) is 4.79 Å².